The van der Waals surface area contributed by atoms with Crippen molar-refractivity contribution >= 4 is 24.0 Å². The van der Waals surface area contributed by atoms with Crippen LogP contribution >= 0.6 is 12.4 Å². The second-order valence-electron chi connectivity index (χ2n) is 6.21. The highest BCUT2D eigenvalue weighted by Gasteiger charge is 2.16. The van der Waals surface area contributed by atoms with Gasteiger partial charge in [0.2, 0.25) is 0 Å². The van der Waals surface area contributed by atoms with Gasteiger partial charge in [0.05, 0.1) is 0 Å². The molecular weight excluding hydrogens is 346 g/mol. The van der Waals surface area contributed by atoms with E-state index in [1.807, 2.05) is 23.1 Å². The van der Waals surface area contributed by atoms with E-state index >= 15 is 0 Å². The minimum atomic E-state index is 0. The third-order valence-electron chi connectivity index (χ3n) is 4.46. The summed E-state index contributed by atoms with van der Waals surface area (Å²) in [6.45, 7) is 8.81. The smallest absolute Gasteiger partial charge is 0.254 e. The Balaban J connectivity index is 0.00000338. The molecule has 26 heavy (non-hydrogen) atoms. The molecule has 0 bridgehead atoms. The fourth-order valence-corrected chi connectivity index (χ4v) is 2.89. The van der Waals surface area contributed by atoms with Crippen molar-refractivity contribution < 1.29 is 4.79 Å². The molecule has 0 heterocycles. The van der Waals surface area contributed by atoms with E-state index in [2.05, 4.69) is 30.9 Å². The van der Waals surface area contributed by atoms with Gasteiger partial charge in [-0.05, 0) is 55.9 Å². The highest BCUT2D eigenvalue weighted by Crippen LogP contribution is 2.13. The molecule has 2 N–H and O–H groups in total. The molecule has 0 atom stereocenters. The van der Waals surface area contributed by atoms with Crippen LogP contribution in [0.2, 0.25) is 0 Å². The average Bonchev–Trinajstić information content (AvgIpc) is 2.65. The van der Waals surface area contributed by atoms with Gasteiger partial charge >= 0.3 is 0 Å². The molecule has 142 valence electrons. The molecule has 0 aliphatic heterocycles. The van der Waals surface area contributed by atoms with Gasteiger partial charge in [0.25, 0.3) is 5.91 Å². The summed E-state index contributed by atoms with van der Waals surface area (Å²) in [5, 5.41) is 0. The summed E-state index contributed by atoms with van der Waals surface area (Å²) in [5.41, 5.74) is 8.25. The van der Waals surface area contributed by atoms with Crippen LogP contribution < -0.4 is 5.73 Å². The molecule has 5 heteroatoms. The van der Waals surface area contributed by atoms with Crippen LogP contribution in [0, 0.1) is 0 Å². The van der Waals surface area contributed by atoms with Crippen LogP contribution in [0.3, 0.4) is 0 Å². The lowest BCUT2D eigenvalue weighted by atomic mass is 10.1. The Morgan fingerprint density at radius 3 is 2.12 bits per heavy atom. The van der Waals surface area contributed by atoms with Crippen LogP contribution in [-0.4, -0.2) is 41.9 Å². The lowest BCUT2D eigenvalue weighted by molar-refractivity contribution is 0.0735. The molecule has 2 aromatic carbocycles. The molecule has 0 aliphatic rings. The molecule has 1 amide bonds. The summed E-state index contributed by atoms with van der Waals surface area (Å²) in [4.78, 5) is 17.3. The van der Waals surface area contributed by atoms with Gasteiger partial charge in [0, 0.05) is 24.3 Å². The van der Waals surface area contributed by atoms with Crippen LogP contribution in [-0.2, 0) is 6.54 Å². The molecule has 2 aromatic rings. The molecular formula is C21H30ClN3O. The molecule has 4 nitrogen and oxygen atoms in total. The molecule has 0 saturated carbocycles. The Morgan fingerprint density at radius 1 is 0.923 bits per heavy atom. The number of carbonyl (C=O) groups is 1. The Bertz CT molecular complexity index is 642. The fraction of sp³-hybridized carbons (Fsp3) is 0.381. The number of hydrogen-bond donors (Lipinski definition) is 1. The van der Waals surface area contributed by atoms with Gasteiger partial charge in [0.1, 0.15) is 0 Å². The van der Waals surface area contributed by atoms with Crippen LogP contribution in [0.25, 0.3) is 0 Å². The van der Waals surface area contributed by atoms with E-state index in [0.717, 1.165) is 38.2 Å². The van der Waals surface area contributed by atoms with Crippen LogP contribution in [0.15, 0.2) is 54.6 Å². The first-order chi connectivity index (χ1) is 12.1. The maximum Gasteiger partial charge on any atom is 0.254 e. The van der Waals surface area contributed by atoms with Gasteiger partial charge in [-0.3, -0.25) is 4.79 Å². The predicted molar refractivity (Wildman–Crippen MR) is 112 cm³/mol. The number of carbonyl (C=O) groups excluding carboxylic acids is 1. The summed E-state index contributed by atoms with van der Waals surface area (Å²) in [6.07, 6.45) is 0.967. The Hall–Kier alpha value is -2.04. The van der Waals surface area contributed by atoms with Gasteiger partial charge in [0.15, 0.2) is 0 Å². The Morgan fingerprint density at radius 2 is 1.54 bits per heavy atom. The number of anilines is 1. The maximum atomic E-state index is 12.9. The summed E-state index contributed by atoms with van der Waals surface area (Å²) in [7, 11) is 0. The second kappa shape index (κ2) is 11.6. The first-order valence-corrected chi connectivity index (χ1v) is 9.05. The second-order valence-corrected chi connectivity index (χ2v) is 6.21. The maximum absolute atomic E-state index is 12.9. The largest absolute Gasteiger partial charge is 0.399 e. The van der Waals surface area contributed by atoms with E-state index in [1.54, 1.807) is 24.3 Å². The highest BCUT2D eigenvalue weighted by molar-refractivity contribution is 5.94. The van der Waals surface area contributed by atoms with Crippen molar-refractivity contribution in [1.82, 2.24) is 9.80 Å². The number of nitrogens with two attached hydrogens (primary N) is 1. The van der Waals surface area contributed by atoms with Gasteiger partial charge in [-0.25, -0.2) is 0 Å². The fourth-order valence-electron chi connectivity index (χ4n) is 2.89. The average molecular weight is 376 g/mol. The third-order valence-corrected chi connectivity index (χ3v) is 4.46. The lowest BCUT2D eigenvalue weighted by Crippen LogP contribution is -2.34. The van der Waals surface area contributed by atoms with Crippen molar-refractivity contribution in [3.63, 3.8) is 0 Å². The Kier molecular flexibility index (Phi) is 9.78. The van der Waals surface area contributed by atoms with Crippen molar-refractivity contribution in [1.29, 1.82) is 0 Å². The zero-order valence-electron chi connectivity index (χ0n) is 15.7. The number of halogens is 1. The zero-order valence-corrected chi connectivity index (χ0v) is 16.5. The summed E-state index contributed by atoms with van der Waals surface area (Å²) < 4.78 is 0. The number of amides is 1. The number of nitrogens with zero attached hydrogens (tertiary/aromatic N) is 2. The topological polar surface area (TPSA) is 49.6 Å². The molecule has 0 spiro atoms. The van der Waals surface area contributed by atoms with Crippen molar-refractivity contribution in [2.75, 3.05) is 31.9 Å². The van der Waals surface area contributed by atoms with E-state index in [-0.39, 0.29) is 18.3 Å². The van der Waals surface area contributed by atoms with Gasteiger partial charge in [-0.15, -0.1) is 12.4 Å². The zero-order chi connectivity index (χ0) is 18.1. The normalized spacial score (nSPS) is 10.4. The van der Waals surface area contributed by atoms with Crippen molar-refractivity contribution in [2.45, 2.75) is 26.8 Å². The third kappa shape index (κ3) is 6.70. The van der Waals surface area contributed by atoms with Gasteiger partial charge in [-0.2, -0.15) is 0 Å². The molecule has 0 aliphatic carbocycles. The number of hydrogen-bond acceptors (Lipinski definition) is 3. The predicted octanol–water partition coefficient (Wildman–Crippen LogP) is 4.06. The first kappa shape index (κ1) is 22.0. The van der Waals surface area contributed by atoms with Crippen molar-refractivity contribution in [2.24, 2.45) is 0 Å². The van der Waals surface area contributed by atoms with E-state index in [9.17, 15) is 4.79 Å². The van der Waals surface area contributed by atoms with Gasteiger partial charge in [-0.1, -0.05) is 44.2 Å². The van der Waals surface area contributed by atoms with Crippen molar-refractivity contribution in [3.05, 3.63) is 65.7 Å². The molecule has 0 saturated heterocycles. The number of benzene rings is 2. The van der Waals surface area contributed by atoms with E-state index in [0.29, 0.717) is 17.8 Å². The number of rotatable bonds is 9. The lowest BCUT2D eigenvalue weighted by Gasteiger charge is -2.25. The Labute approximate surface area is 163 Å². The number of nitrogen functional groups attached to an aromatic ring is 1. The molecule has 0 radical (unpaired) electrons. The SMILES string of the molecule is CCN(CC)CCCN(Cc1ccccc1)C(=O)c1ccc(N)cc1.Cl. The van der Waals surface area contributed by atoms with E-state index in [4.69, 9.17) is 5.73 Å². The molecule has 0 aromatic heterocycles. The minimum Gasteiger partial charge on any atom is -0.399 e. The van der Waals surface area contributed by atoms with Crippen molar-refractivity contribution in [3.8, 4) is 0 Å². The first-order valence-electron chi connectivity index (χ1n) is 9.05. The summed E-state index contributed by atoms with van der Waals surface area (Å²) >= 11 is 0. The van der Waals surface area contributed by atoms with Crippen LogP contribution in [0.4, 0.5) is 5.69 Å². The quantitative estimate of drug-likeness (QED) is 0.672. The molecule has 2 rings (SSSR count). The summed E-state index contributed by atoms with van der Waals surface area (Å²) in [5.74, 6) is 0.0587. The summed E-state index contributed by atoms with van der Waals surface area (Å²) in [6, 6.07) is 17.3. The minimum absolute atomic E-state index is 0. The van der Waals surface area contributed by atoms with E-state index < -0.39 is 0 Å². The van der Waals surface area contributed by atoms with Crippen LogP contribution in [0.1, 0.15) is 36.2 Å². The standard InChI is InChI=1S/C21H29N3O.ClH/c1-3-23(4-2)15-8-16-24(17-18-9-6-5-7-10-18)21(25)19-11-13-20(22)14-12-19;/h5-7,9-14H,3-4,8,15-17,22H2,1-2H3;1H. The van der Waals surface area contributed by atoms with E-state index in [1.165, 1.54) is 0 Å². The van der Waals surface area contributed by atoms with Crippen LogP contribution in [0.5, 0.6) is 0 Å². The highest BCUT2D eigenvalue weighted by atomic mass is 35.5. The molecule has 0 fully saturated rings. The van der Waals surface area contributed by atoms with Gasteiger partial charge < -0.3 is 15.5 Å². The molecule has 0 unspecified atom stereocenters. The monoisotopic (exact) mass is 375 g/mol.